The Balaban J connectivity index is 1.99. The lowest BCUT2D eigenvalue weighted by atomic mass is 10.1. The maximum absolute atomic E-state index is 12.9. The van der Waals surface area contributed by atoms with Crippen LogP contribution in [0.4, 0.5) is 10.1 Å². The highest BCUT2D eigenvalue weighted by atomic mass is 35.5. The summed E-state index contributed by atoms with van der Waals surface area (Å²) in [6.07, 6.45) is 0. The van der Waals surface area contributed by atoms with Gasteiger partial charge in [0.05, 0.1) is 0 Å². The second-order valence-corrected chi connectivity index (χ2v) is 6.99. The Labute approximate surface area is 138 Å². The molecule has 3 rings (SSSR count). The van der Waals surface area contributed by atoms with Crippen LogP contribution in [-0.2, 0) is 10.0 Å². The Bertz CT molecular complexity index is 918. The van der Waals surface area contributed by atoms with Crippen molar-refractivity contribution in [2.75, 3.05) is 5.32 Å². The van der Waals surface area contributed by atoms with E-state index in [1.165, 1.54) is 24.3 Å². The van der Waals surface area contributed by atoms with E-state index in [9.17, 15) is 12.8 Å². The van der Waals surface area contributed by atoms with Crippen molar-refractivity contribution in [1.29, 1.82) is 0 Å². The van der Waals surface area contributed by atoms with Crippen LogP contribution in [-0.4, -0.2) is 14.3 Å². The van der Waals surface area contributed by atoms with E-state index in [2.05, 4.69) is 9.71 Å². The van der Waals surface area contributed by atoms with Crippen molar-refractivity contribution in [2.45, 2.75) is 6.92 Å². The van der Waals surface area contributed by atoms with Crippen molar-refractivity contribution in [3.63, 3.8) is 0 Å². The number of rotatable bonds is 2. The molecule has 2 aromatic rings. The van der Waals surface area contributed by atoms with Crippen LogP contribution in [0.3, 0.4) is 0 Å². The summed E-state index contributed by atoms with van der Waals surface area (Å²) in [4.78, 5) is 0.138. The van der Waals surface area contributed by atoms with Crippen LogP contribution in [0.2, 0.25) is 5.02 Å². The molecule has 0 spiro atoms. The average molecular weight is 351 g/mol. The molecule has 23 heavy (non-hydrogen) atoms. The zero-order valence-corrected chi connectivity index (χ0v) is 13.6. The third-order valence-electron chi connectivity index (χ3n) is 3.38. The second-order valence-electron chi connectivity index (χ2n) is 5.01. The Kier molecular flexibility index (Phi) is 3.95. The molecule has 0 unspecified atom stereocenters. The van der Waals surface area contributed by atoms with Gasteiger partial charge >= 0.3 is 0 Å². The van der Waals surface area contributed by atoms with Gasteiger partial charge < -0.3 is 5.32 Å². The number of benzene rings is 2. The maximum atomic E-state index is 12.9. The highest BCUT2D eigenvalue weighted by Gasteiger charge is 2.30. The van der Waals surface area contributed by atoms with Crippen molar-refractivity contribution in [1.82, 2.24) is 0 Å². The first-order valence-corrected chi connectivity index (χ1v) is 8.53. The Morgan fingerprint density at radius 1 is 1.04 bits per heavy atom. The van der Waals surface area contributed by atoms with Crippen molar-refractivity contribution in [2.24, 2.45) is 4.40 Å². The summed E-state index contributed by atoms with van der Waals surface area (Å²) in [5.74, 6) is -0.146. The molecule has 0 aromatic heterocycles. The number of halogens is 2. The summed E-state index contributed by atoms with van der Waals surface area (Å²) in [6.45, 7) is 1.67. The number of hydrogen-bond donors (Lipinski definition) is 1. The third-order valence-corrected chi connectivity index (χ3v) is 5.11. The van der Waals surface area contributed by atoms with Crippen molar-refractivity contribution in [3.05, 3.63) is 70.5 Å². The monoisotopic (exact) mass is 350 g/mol. The van der Waals surface area contributed by atoms with Gasteiger partial charge in [0.1, 0.15) is 16.6 Å². The Hall–Kier alpha value is -2.18. The fourth-order valence-corrected chi connectivity index (χ4v) is 3.85. The summed E-state index contributed by atoms with van der Waals surface area (Å²) in [5.41, 5.74) is 1.57. The first-order valence-electron chi connectivity index (χ1n) is 6.71. The molecule has 1 aliphatic rings. The molecule has 0 saturated heterocycles. The van der Waals surface area contributed by atoms with Crippen LogP contribution in [0.25, 0.3) is 4.91 Å². The van der Waals surface area contributed by atoms with Gasteiger partial charge in [-0.15, -0.1) is 4.40 Å². The van der Waals surface area contributed by atoms with Gasteiger partial charge in [-0.05, 0) is 48.9 Å². The highest BCUT2D eigenvalue weighted by molar-refractivity contribution is 8.00. The van der Waals surface area contributed by atoms with Crippen molar-refractivity contribution in [3.8, 4) is 0 Å². The van der Waals surface area contributed by atoms with Crippen molar-refractivity contribution >= 4 is 38.1 Å². The lowest BCUT2D eigenvalue weighted by Gasteiger charge is -2.07. The van der Waals surface area contributed by atoms with Crippen LogP contribution in [0.15, 0.2) is 58.5 Å². The summed E-state index contributed by atoms with van der Waals surface area (Å²) in [7, 11) is -3.79. The molecule has 0 atom stereocenters. The Morgan fingerprint density at radius 3 is 2.26 bits per heavy atom. The third kappa shape index (κ3) is 3.13. The lowest BCUT2D eigenvalue weighted by Crippen LogP contribution is -2.11. The van der Waals surface area contributed by atoms with Gasteiger partial charge in [-0.1, -0.05) is 23.7 Å². The molecule has 0 amide bonds. The smallest absolute Gasteiger partial charge is 0.285 e. The molecule has 7 heteroatoms. The minimum Gasteiger partial charge on any atom is -0.339 e. The topological polar surface area (TPSA) is 58.5 Å². The van der Waals surface area contributed by atoms with Gasteiger partial charge in [-0.25, -0.2) is 4.39 Å². The largest absolute Gasteiger partial charge is 0.339 e. The van der Waals surface area contributed by atoms with Crippen LogP contribution in [0.1, 0.15) is 12.5 Å². The molecule has 4 nitrogen and oxygen atoms in total. The van der Waals surface area contributed by atoms with Gasteiger partial charge in [0.2, 0.25) is 0 Å². The van der Waals surface area contributed by atoms with E-state index in [4.69, 9.17) is 11.6 Å². The Morgan fingerprint density at radius 2 is 1.65 bits per heavy atom. The molecule has 118 valence electrons. The minimum absolute atomic E-state index is 0.138. The van der Waals surface area contributed by atoms with E-state index in [0.29, 0.717) is 21.8 Å². The predicted molar refractivity (Wildman–Crippen MR) is 90.4 cm³/mol. The van der Waals surface area contributed by atoms with E-state index >= 15 is 0 Å². The normalized spacial score (nSPS) is 16.4. The van der Waals surface area contributed by atoms with E-state index in [-0.39, 0.29) is 16.6 Å². The fourth-order valence-electron chi connectivity index (χ4n) is 2.29. The standard InChI is InChI=1S/C16H12ClFN2O2S/c1-10-15(11-2-4-12(17)5-3-11)23(21,22)20-16(10)19-14-8-6-13(18)7-9-14/h2-9H,1H3,(H,19,20). The number of anilines is 1. The molecule has 1 heterocycles. The maximum Gasteiger partial charge on any atom is 0.285 e. The molecule has 0 bridgehead atoms. The summed E-state index contributed by atoms with van der Waals surface area (Å²) in [6, 6.07) is 12.1. The summed E-state index contributed by atoms with van der Waals surface area (Å²) >= 11 is 5.84. The van der Waals surface area contributed by atoms with Crippen molar-refractivity contribution < 1.29 is 12.8 Å². The molecule has 0 radical (unpaired) electrons. The zero-order valence-electron chi connectivity index (χ0n) is 12.0. The average Bonchev–Trinajstić information content (AvgIpc) is 2.72. The van der Waals surface area contributed by atoms with Gasteiger partial charge in [0.25, 0.3) is 10.0 Å². The predicted octanol–water partition coefficient (Wildman–Crippen LogP) is 4.06. The fraction of sp³-hybridized carbons (Fsp3) is 0.0625. The van der Waals surface area contributed by atoms with E-state index < -0.39 is 10.0 Å². The van der Waals surface area contributed by atoms with Crippen LogP contribution < -0.4 is 5.32 Å². The van der Waals surface area contributed by atoms with Gasteiger partial charge in [0, 0.05) is 16.3 Å². The van der Waals surface area contributed by atoms with Gasteiger partial charge in [-0.2, -0.15) is 8.42 Å². The quantitative estimate of drug-likeness (QED) is 0.888. The molecule has 0 aliphatic carbocycles. The highest BCUT2D eigenvalue weighted by Crippen LogP contribution is 2.33. The SMILES string of the molecule is CC1=C(c2ccc(Cl)cc2)S(=O)(=O)N=C1Nc1ccc(F)cc1. The molecular weight excluding hydrogens is 339 g/mol. The minimum atomic E-state index is -3.79. The van der Waals surface area contributed by atoms with E-state index in [1.54, 1.807) is 31.2 Å². The molecular formula is C16H12ClFN2O2S. The van der Waals surface area contributed by atoms with Crippen LogP contribution in [0.5, 0.6) is 0 Å². The molecule has 1 aliphatic heterocycles. The van der Waals surface area contributed by atoms with Gasteiger partial charge in [0.15, 0.2) is 0 Å². The van der Waals surface area contributed by atoms with E-state index in [1.807, 2.05) is 0 Å². The number of hydrogen-bond acceptors (Lipinski definition) is 3. The molecule has 0 saturated carbocycles. The number of nitrogens with one attached hydrogen (secondary N) is 1. The summed E-state index contributed by atoms with van der Waals surface area (Å²) in [5, 5.41) is 3.43. The number of nitrogens with zero attached hydrogens (tertiary/aromatic N) is 1. The van der Waals surface area contributed by atoms with Crippen LogP contribution in [0, 0.1) is 5.82 Å². The molecule has 0 fully saturated rings. The number of sulfonamides is 1. The molecule has 2 aromatic carbocycles. The van der Waals surface area contributed by atoms with E-state index in [0.717, 1.165) is 0 Å². The van der Waals surface area contributed by atoms with Crippen LogP contribution >= 0.6 is 11.6 Å². The van der Waals surface area contributed by atoms with Gasteiger partial charge in [-0.3, -0.25) is 0 Å². The number of amidine groups is 1. The zero-order chi connectivity index (χ0) is 16.6. The lowest BCUT2D eigenvalue weighted by molar-refractivity contribution is 0.608. The second kappa shape index (κ2) is 5.79. The first-order chi connectivity index (χ1) is 10.9. The first kappa shape index (κ1) is 15.7. The summed E-state index contributed by atoms with van der Waals surface area (Å²) < 4.78 is 41.4. The molecule has 1 N–H and O–H groups in total.